The van der Waals surface area contributed by atoms with Gasteiger partial charge in [-0.1, -0.05) is 24.1 Å². The van der Waals surface area contributed by atoms with Gasteiger partial charge in [0.25, 0.3) is 0 Å². The Balaban J connectivity index is 2.11. The van der Waals surface area contributed by atoms with Gasteiger partial charge in [-0.05, 0) is 44.9 Å². The maximum Gasteiger partial charge on any atom is 0.0931 e. The highest BCUT2D eigenvalue weighted by molar-refractivity contribution is 7.16. The first kappa shape index (κ1) is 13.8. The quantitative estimate of drug-likeness (QED) is 0.521. The molecule has 0 amide bonds. The highest BCUT2D eigenvalue weighted by Crippen LogP contribution is 2.26. The first-order valence-electron chi connectivity index (χ1n) is 5.83. The van der Waals surface area contributed by atoms with E-state index >= 15 is 0 Å². The molecule has 0 saturated heterocycles. The van der Waals surface area contributed by atoms with Crippen LogP contribution in [0.3, 0.4) is 0 Å². The fourth-order valence-electron chi connectivity index (χ4n) is 1.57. The Morgan fingerprint density at radius 2 is 2.25 bits per heavy atom. The van der Waals surface area contributed by atoms with E-state index < -0.39 is 0 Å². The first-order valence-corrected chi connectivity index (χ1v) is 7.03. The zero-order valence-electron chi connectivity index (χ0n) is 9.84. The van der Waals surface area contributed by atoms with Crippen molar-refractivity contribution in [3.8, 4) is 0 Å². The minimum Gasteiger partial charge on any atom is -0.309 e. The zero-order valence-corrected chi connectivity index (χ0v) is 11.4. The van der Waals surface area contributed by atoms with Crippen molar-refractivity contribution in [3.05, 3.63) is 34.0 Å². The predicted molar refractivity (Wildman–Crippen MR) is 74.4 cm³/mol. The SMILES string of the molecule is C=CCCCCCNC(C)c1ccc(Cl)s1. The van der Waals surface area contributed by atoms with E-state index in [-0.39, 0.29) is 0 Å². The number of hydrogen-bond donors (Lipinski definition) is 1. The van der Waals surface area contributed by atoms with Crippen LogP contribution < -0.4 is 5.32 Å². The first-order chi connectivity index (χ1) is 7.74. The number of hydrogen-bond acceptors (Lipinski definition) is 2. The van der Waals surface area contributed by atoms with Crippen LogP contribution in [0.2, 0.25) is 4.34 Å². The summed E-state index contributed by atoms with van der Waals surface area (Å²) in [5.74, 6) is 0. The van der Waals surface area contributed by atoms with Gasteiger partial charge in [0.15, 0.2) is 0 Å². The van der Waals surface area contributed by atoms with Gasteiger partial charge in [-0.2, -0.15) is 0 Å². The fourth-order valence-corrected chi connectivity index (χ4v) is 2.66. The van der Waals surface area contributed by atoms with Crippen LogP contribution in [0.4, 0.5) is 0 Å². The van der Waals surface area contributed by atoms with Crippen molar-refractivity contribution in [3.63, 3.8) is 0 Å². The van der Waals surface area contributed by atoms with Gasteiger partial charge in [-0.15, -0.1) is 17.9 Å². The summed E-state index contributed by atoms with van der Waals surface area (Å²) < 4.78 is 0.870. The van der Waals surface area contributed by atoms with E-state index in [1.165, 1.54) is 24.1 Å². The predicted octanol–water partition coefficient (Wildman–Crippen LogP) is 4.80. The average molecular weight is 258 g/mol. The number of nitrogens with one attached hydrogen (secondary N) is 1. The summed E-state index contributed by atoms with van der Waals surface area (Å²) in [6.45, 7) is 6.99. The van der Waals surface area contributed by atoms with Crippen molar-refractivity contribution >= 4 is 22.9 Å². The summed E-state index contributed by atoms with van der Waals surface area (Å²) in [5.41, 5.74) is 0. The number of rotatable bonds is 8. The molecule has 0 aliphatic rings. The molecule has 1 unspecified atom stereocenters. The van der Waals surface area contributed by atoms with Crippen LogP contribution in [-0.4, -0.2) is 6.54 Å². The zero-order chi connectivity index (χ0) is 11.8. The smallest absolute Gasteiger partial charge is 0.0931 e. The van der Waals surface area contributed by atoms with Crippen molar-refractivity contribution in [2.75, 3.05) is 6.54 Å². The van der Waals surface area contributed by atoms with Gasteiger partial charge in [0, 0.05) is 10.9 Å². The summed E-state index contributed by atoms with van der Waals surface area (Å²) in [5, 5.41) is 3.52. The van der Waals surface area contributed by atoms with E-state index in [0.29, 0.717) is 6.04 Å². The summed E-state index contributed by atoms with van der Waals surface area (Å²) >= 11 is 7.56. The van der Waals surface area contributed by atoms with Gasteiger partial charge in [0.1, 0.15) is 0 Å². The molecule has 0 aromatic carbocycles. The Morgan fingerprint density at radius 1 is 1.44 bits per heavy atom. The van der Waals surface area contributed by atoms with Crippen molar-refractivity contribution in [2.24, 2.45) is 0 Å². The molecule has 1 atom stereocenters. The Kier molecular flexibility index (Phi) is 6.78. The second kappa shape index (κ2) is 7.88. The highest BCUT2D eigenvalue weighted by Gasteiger charge is 2.06. The van der Waals surface area contributed by atoms with Crippen LogP contribution in [-0.2, 0) is 0 Å². The molecule has 0 fully saturated rings. The Labute approximate surface area is 108 Å². The van der Waals surface area contributed by atoms with E-state index in [4.69, 9.17) is 11.6 Å². The lowest BCUT2D eigenvalue weighted by molar-refractivity contribution is 0.545. The van der Waals surface area contributed by atoms with Crippen LogP contribution in [0.5, 0.6) is 0 Å². The number of halogens is 1. The van der Waals surface area contributed by atoms with Crippen LogP contribution in [0.25, 0.3) is 0 Å². The summed E-state index contributed by atoms with van der Waals surface area (Å²) in [7, 11) is 0. The van der Waals surface area contributed by atoms with Crippen molar-refractivity contribution in [1.82, 2.24) is 5.32 Å². The largest absolute Gasteiger partial charge is 0.309 e. The third-order valence-electron chi connectivity index (χ3n) is 2.56. The lowest BCUT2D eigenvalue weighted by Gasteiger charge is -2.11. The van der Waals surface area contributed by atoms with Gasteiger partial charge in [0.2, 0.25) is 0 Å². The van der Waals surface area contributed by atoms with Gasteiger partial charge in [-0.3, -0.25) is 0 Å². The van der Waals surface area contributed by atoms with Crippen molar-refractivity contribution in [1.29, 1.82) is 0 Å². The summed E-state index contributed by atoms with van der Waals surface area (Å²) in [4.78, 5) is 1.32. The Hall–Kier alpha value is -0.310. The third-order valence-corrected chi connectivity index (χ3v) is 3.97. The molecule has 0 bridgehead atoms. The van der Waals surface area contributed by atoms with Crippen LogP contribution in [0.15, 0.2) is 24.8 Å². The lowest BCUT2D eigenvalue weighted by Crippen LogP contribution is -2.18. The minimum atomic E-state index is 0.414. The highest BCUT2D eigenvalue weighted by atomic mass is 35.5. The maximum absolute atomic E-state index is 5.90. The second-order valence-corrected chi connectivity index (χ2v) is 5.70. The number of thiophene rings is 1. The average Bonchev–Trinajstić information content (AvgIpc) is 2.70. The molecule has 1 rings (SSSR count). The van der Waals surface area contributed by atoms with Crippen LogP contribution in [0.1, 0.15) is 43.5 Å². The van der Waals surface area contributed by atoms with Gasteiger partial charge >= 0.3 is 0 Å². The molecule has 1 N–H and O–H groups in total. The second-order valence-electron chi connectivity index (χ2n) is 3.96. The molecule has 0 radical (unpaired) electrons. The molecule has 16 heavy (non-hydrogen) atoms. The summed E-state index contributed by atoms with van der Waals surface area (Å²) in [6, 6.07) is 4.48. The molecular formula is C13H20ClNS. The molecule has 1 aromatic heterocycles. The lowest BCUT2D eigenvalue weighted by atomic mass is 10.2. The van der Waals surface area contributed by atoms with Crippen LogP contribution >= 0.6 is 22.9 Å². The van der Waals surface area contributed by atoms with Gasteiger partial charge in [0.05, 0.1) is 4.34 Å². The molecular weight excluding hydrogens is 238 g/mol. The maximum atomic E-state index is 5.90. The van der Waals surface area contributed by atoms with Crippen molar-refractivity contribution < 1.29 is 0 Å². The normalized spacial score (nSPS) is 12.6. The summed E-state index contributed by atoms with van der Waals surface area (Å²) in [6.07, 6.45) is 6.89. The van der Waals surface area contributed by atoms with Crippen LogP contribution in [0, 0.1) is 0 Å². The van der Waals surface area contributed by atoms with Gasteiger partial charge in [-0.25, -0.2) is 0 Å². The Bertz CT molecular complexity index is 309. The molecule has 3 heteroatoms. The fraction of sp³-hybridized carbons (Fsp3) is 0.538. The molecule has 1 heterocycles. The topological polar surface area (TPSA) is 12.0 Å². The van der Waals surface area contributed by atoms with E-state index in [9.17, 15) is 0 Å². The monoisotopic (exact) mass is 257 g/mol. The number of unbranched alkanes of at least 4 members (excludes halogenated alkanes) is 3. The number of allylic oxidation sites excluding steroid dienone is 1. The molecule has 0 aliphatic heterocycles. The van der Waals surface area contributed by atoms with E-state index in [2.05, 4.69) is 24.9 Å². The molecule has 0 aliphatic carbocycles. The molecule has 0 saturated carbocycles. The van der Waals surface area contributed by atoms with E-state index in [1.807, 2.05) is 12.1 Å². The van der Waals surface area contributed by atoms with Crippen molar-refractivity contribution in [2.45, 2.75) is 38.6 Å². The standard InChI is InChI=1S/C13H20ClNS/c1-3-4-5-6-7-10-15-11(2)12-8-9-13(14)16-12/h3,8-9,11,15H,1,4-7,10H2,2H3. The van der Waals surface area contributed by atoms with E-state index in [1.54, 1.807) is 11.3 Å². The third kappa shape index (κ3) is 5.15. The van der Waals surface area contributed by atoms with Gasteiger partial charge < -0.3 is 5.32 Å². The Morgan fingerprint density at radius 3 is 2.88 bits per heavy atom. The molecule has 0 spiro atoms. The molecule has 1 aromatic rings. The van der Waals surface area contributed by atoms with E-state index in [0.717, 1.165) is 17.3 Å². The minimum absolute atomic E-state index is 0.414. The molecule has 1 nitrogen and oxygen atoms in total. The molecule has 90 valence electrons.